The topological polar surface area (TPSA) is 105 Å². The number of anilines is 2. The molecule has 0 aliphatic rings. The van der Waals surface area contributed by atoms with Crippen molar-refractivity contribution >= 4 is 29.2 Å². The number of ether oxygens (including phenoxy) is 1. The molecule has 0 unspecified atom stereocenters. The van der Waals surface area contributed by atoms with Crippen LogP contribution < -0.4 is 15.4 Å². The van der Waals surface area contributed by atoms with Crippen LogP contribution in [0.2, 0.25) is 0 Å². The predicted molar refractivity (Wildman–Crippen MR) is 92.8 cm³/mol. The van der Waals surface area contributed by atoms with Crippen LogP contribution in [0.5, 0.6) is 5.75 Å². The Kier molecular flexibility index (Phi) is 5.89. The van der Waals surface area contributed by atoms with Gasteiger partial charge in [0.2, 0.25) is 5.91 Å². The molecule has 2 aromatic carbocycles. The smallest absolute Gasteiger partial charge is 0.328 e. The maximum atomic E-state index is 12.2. The van der Waals surface area contributed by atoms with E-state index in [1.807, 2.05) is 0 Å². The first-order valence-corrected chi connectivity index (χ1v) is 7.25. The third-order valence-electron chi connectivity index (χ3n) is 3.12. The fourth-order valence-corrected chi connectivity index (χ4v) is 1.94. The Morgan fingerprint density at radius 1 is 0.960 bits per heavy atom. The lowest BCUT2D eigenvalue weighted by molar-refractivity contribution is -0.131. The summed E-state index contributed by atoms with van der Waals surface area (Å²) < 4.78 is 5.10. The van der Waals surface area contributed by atoms with Crippen LogP contribution in [-0.2, 0) is 9.59 Å². The maximum absolute atomic E-state index is 12.2. The number of carboxylic acid groups (broad SMARTS) is 1. The van der Waals surface area contributed by atoms with Crippen molar-refractivity contribution in [1.29, 1.82) is 0 Å². The van der Waals surface area contributed by atoms with Gasteiger partial charge in [-0.15, -0.1) is 0 Å². The molecular weight excluding hydrogens is 324 g/mol. The summed E-state index contributed by atoms with van der Waals surface area (Å²) in [6.07, 6.45) is 1.65. The highest BCUT2D eigenvalue weighted by Gasteiger charge is 2.07. The molecule has 7 nitrogen and oxygen atoms in total. The second-order valence-corrected chi connectivity index (χ2v) is 4.92. The molecule has 0 aliphatic carbocycles. The third kappa shape index (κ3) is 5.51. The quantitative estimate of drug-likeness (QED) is 0.701. The third-order valence-corrected chi connectivity index (χ3v) is 3.12. The van der Waals surface area contributed by atoms with Crippen molar-refractivity contribution < 1.29 is 24.2 Å². The minimum atomic E-state index is -1.21. The second kappa shape index (κ2) is 8.30. The molecule has 2 aromatic rings. The van der Waals surface area contributed by atoms with Crippen molar-refractivity contribution in [3.63, 3.8) is 0 Å². The first-order chi connectivity index (χ1) is 12.0. The van der Waals surface area contributed by atoms with Gasteiger partial charge in [0.05, 0.1) is 7.11 Å². The number of benzene rings is 2. The molecular formula is C18H16N2O5. The number of hydrogen-bond donors (Lipinski definition) is 3. The molecule has 0 fully saturated rings. The highest BCUT2D eigenvalue weighted by atomic mass is 16.5. The Labute approximate surface area is 143 Å². The van der Waals surface area contributed by atoms with Gasteiger partial charge >= 0.3 is 5.97 Å². The van der Waals surface area contributed by atoms with Crippen LogP contribution in [0.3, 0.4) is 0 Å². The molecule has 0 saturated heterocycles. The lowest BCUT2D eigenvalue weighted by atomic mass is 10.2. The molecule has 0 saturated carbocycles. The Bertz CT molecular complexity index is 812. The molecule has 2 amide bonds. The van der Waals surface area contributed by atoms with E-state index in [4.69, 9.17) is 9.84 Å². The largest absolute Gasteiger partial charge is 0.497 e. The number of carboxylic acids is 1. The van der Waals surface area contributed by atoms with E-state index in [1.165, 1.54) is 0 Å². The van der Waals surface area contributed by atoms with E-state index in [0.29, 0.717) is 22.7 Å². The van der Waals surface area contributed by atoms with Crippen LogP contribution in [0, 0.1) is 0 Å². The number of carbonyl (C=O) groups excluding carboxylic acids is 2. The fourth-order valence-electron chi connectivity index (χ4n) is 1.94. The number of methoxy groups -OCH3 is 1. The van der Waals surface area contributed by atoms with Gasteiger partial charge in [0.25, 0.3) is 5.91 Å². The van der Waals surface area contributed by atoms with Crippen LogP contribution in [0.4, 0.5) is 11.4 Å². The van der Waals surface area contributed by atoms with Crippen molar-refractivity contribution in [1.82, 2.24) is 0 Å². The number of carbonyl (C=O) groups is 3. The molecule has 128 valence electrons. The van der Waals surface area contributed by atoms with E-state index in [0.717, 1.165) is 12.2 Å². The van der Waals surface area contributed by atoms with Crippen molar-refractivity contribution in [2.24, 2.45) is 0 Å². The van der Waals surface area contributed by atoms with Gasteiger partial charge < -0.3 is 20.5 Å². The zero-order valence-electron chi connectivity index (χ0n) is 13.4. The SMILES string of the molecule is COc1cccc(NC(=O)c2ccc(NC(=O)C=CC(=O)O)cc2)c1. The summed E-state index contributed by atoms with van der Waals surface area (Å²) >= 11 is 0. The first-order valence-electron chi connectivity index (χ1n) is 7.25. The molecule has 3 N–H and O–H groups in total. The number of amides is 2. The molecule has 0 spiro atoms. The van der Waals surface area contributed by atoms with Crippen LogP contribution in [0.25, 0.3) is 0 Å². The van der Waals surface area contributed by atoms with Gasteiger partial charge in [-0.3, -0.25) is 9.59 Å². The monoisotopic (exact) mass is 340 g/mol. The molecule has 25 heavy (non-hydrogen) atoms. The van der Waals surface area contributed by atoms with Crippen LogP contribution in [0.1, 0.15) is 10.4 Å². The summed E-state index contributed by atoms with van der Waals surface area (Å²) in [5, 5.41) is 13.7. The molecule has 0 aromatic heterocycles. The Morgan fingerprint density at radius 2 is 1.68 bits per heavy atom. The van der Waals surface area contributed by atoms with Gasteiger partial charge in [-0.25, -0.2) is 4.79 Å². The number of nitrogens with one attached hydrogen (secondary N) is 2. The second-order valence-electron chi connectivity index (χ2n) is 4.92. The highest BCUT2D eigenvalue weighted by molar-refractivity contribution is 6.05. The van der Waals surface area contributed by atoms with Gasteiger partial charge in [0.15, 0.2) is 0 Å². The highest BCUT2D eigenvalue weighted by Crippen LogP contribution is 2.18. The van der Waals surface area contributed by atoms with Gasteiger partial charge in [-0.05, 0) is 36.4 Å². The first kappa shape index (κ1) is 17.7. The van der Waals surface area contributed by atoms with E-state index in [-0.39, 0.29) is 5.91 Å². The minimum absolute atomic E-state index is 0.308. The van der Waals surface area contributed by atoms with Crippen molar-refractivity contribution in [3.05, 3.63) is 66.2 Å². The number of rotatable bonds is 6. The number of hydrogen-bond acceptors (Lipinski definition) is 4. The fraction of sp³-hybridized carbons (Fsp3) is 0.0556. The molecule has 0 bridgehead atoms. The Hall–Kier alpha value is -3.61. The van der Waals surface area contributed by atoms with Gasteiger partial charge in [-0.2, -0.15) is 0 Å². The van der Waals surface area contributed by atoms with Crippen molar-refractivity contribution in [2.45, 2.75) is 0 Å². The molecule has 0 heterocycles. The minimum Gasteiger partial charge on any atom is -0.497 e. The average molecular weight is 340 g/mol. The molecule has 0 aliphatic heterocycles. The van der Waals surface area contributed by atoms with Crippen LogP contribution in [0.15, 0.2) is 60.7 Å². The van der Waals surface area contributed by atoms with E-state index in [2.05, 4.69) is 10.6 Å². The van der Waals surface area contributed by atoms with Crippen molar-refractivity contribution in [3.8, 4) is 5.75 Å². The van der Waals surface area contributed by atoms with E-state index in [9.17, 15) is 14.4 Å². The Balaban J connectivity index is 2.00. The Morgan fingerprint density at radius 3 is 2.32 bits per heavy atom. The molecule has 0 radical (unpaired) electrons. The summed E-state index contributed by atoms with van der Waals surface area (Å²) in [6.45, 7) is 0. The molecule has 2 rings (SSSR count). The summed E-state index contributed by atoms with van der Waals surface area (Å²) in [6, 6.07) is 13.2. The van der Waals surface area contributed by atoms with E-state index in [1.54, 1.807) is 55.6 Å². The van der Waals surface area contributed by atoms with Crippen molar-refractivity contribution in [2.75, 3.05) is 17.7 Å². The van der Waals surface area contributed by atoms with E-state index < -0.39 is 11.9 Å². The number of aliphatic carboxylic acids is 1. The summed E-state index contributed by atoms with van der Waals surface area (Å²) in [4.78, 5) is 34.0. The van der Waals surface area contributed by atoms with Crippen LogP contribution >= 0.6 is 0 Å². The molecule has 7 heteroatoms. The summed E-state index contributed by atoms with van der Waals surface area (Å²) in [5.74, 6) is -1.46. The normalized spacial score (nSPS) is 10.3. The zero-order valence-corrected chi connectivity index (χ0v) is 13.4. The predicted octanol–water partition coefficient (Wildman–Crippen LogP) is 2.53. The van der Waals surface area contributed by atoms with E-state index >= 15 is 0 Å². The summed E-state index contributed by atoms with van der Waals surface area (Å²) in [7, 11) is 1.54. The molecule has 0 atom stereocenters. The van der Waals surface area contributed by atoms with Crippen LogP contribution in [-0.4, -0.2) is 30.0 Å². The average Bonchev–Trinajstić information content (AvgIpc) is 2.60. The maximum Gasteiger partial charge on any atom is 0.328 e. The lowest BCUT2D eigenvalue weighted by Crippen LogP contribution is -2.12. The lowest BCUT2D eigenvalue weighted by Gasteiger charge is -2.08. The van der Waals surface area contributed by atoms with Gasteiger partial charge in [0, 0.05) is 35.2 Å². The van der Waals surface area contributed by atoms with Gasteiger partial charge in [0.1, 0.15) is 5.75 Å². The zero-order chi connectivity index (χ0) is 18.2. The summed E-state index contributed by atoms with van der Waals surface area (Å²) in [5.41, 5.74) is 1.44. The van der Waals surface area contributed by atoms with Gasteiger partial charge in [-0.1, -0.05) is 6.07 Å². The standard InChI is InChI=1S/C18H16N2O5/c1-25-15-4-2-3-14(11-15)20-18(24)12-5-7-13(8-6-12)19-16(21)9-10-17(22)23/h2-11H,1H3,(H,19,21)(H,20,24)(H,22,23).